The number of benzene rings is 2. The highest BCUT2D eigenvalue weighted by molar-refractivity contribution is 7.14. The van der Waals surface area contributed by atoms with Gasteiger partial charge in [-0.25, -0.2) is 4.98 Å². The molecule has 3 rings (SSSR count). The Morgan fingerprint density at radius 3 is 2.48 bits per heavy atom. The first-order valence-corrected chi connectivity index (χ1v) is 9.45. The third-order valence-electron chi connectivity index (χ3n) is 3.73. The highest BCUT2D eigenvalue weighted by Gasteiger charge is 2.15. The molecule has 0 fully saturated rings. The minimum atomic E-state index is -0.630. The molecule has 148 valence electrons. The number of primary amides is 1. The SMILES string of the molecule is CC(=O)Nc1ccc(-c2csc(NC(=O)c3ccccc3OCC(N)=O)n2)cc1. The van der Waals surface area contributed by atoms with Crippen LogP contribution in [0.4, 0.5) is 10.8 Å². The smallest absolute Gasteiger partial charge is 0.261 e. The van der Waals surface area contributed by atoms with Crippen LogP contribution in [0.2, 0.25) is 0 Å². The van der Waals surface area contributed by atoms with Crippen LogP contribution in [0.25, 0.3) is 11.3 Å². The number of rotatable bonds is 7. The number of hydrogen-bond acceptors (Lipinski definition) is 6. The molecule has 0 aliphatic heterocycles. The van der Waals surface area contributed by atoms with Crippen molar-refractivity contribution in [1.82, 2.24) is 4.98 Å². The Bertz CT molecular complexity index is 1050. The zero-order valence-corrected chi connectivity index (χ0v) is 16.3. The molecule has 0 aliphatic rings. The molecule has 0 unspecified atom stereocenters. The molecule has 8 nitrogen and oxygen atoms in total. The maximum atomic E-state index is 12.6. The molecule has 3 amide bonds. The summed E-state index contributed by atoms with van der Waals surface area (Å²) in [6, 6.07) is 13.8. The van der Waals surface area contributed by atoms with Gasteiger partial charge in [0.15, 0.2) is 11.7 Å². The van der Waals surface area contributed by atoms with Gasteiger partial charge in [0.2, 0.25) is 5.91 Å². The van der Waals surface area contributed by atoms with Crippen molar-refractivity contribution in [2.75, 3.05) is 17.2 Å². The number of thiazole rings is 1. The van der Waals surface area contributed by atoms with Crippen molar-refractivity contribution in [3.8, 4) is 17.0 Å². The Hall–Kier alpha value is -3.72. The lowest BCUT2D eigenvalue weighted by Gasteiger charge is -2.09. The fraction of sp³-hybridized carbons (Fsp3) is 0.100. The molecular weight excluding hydrogens is 392 g/mol. The van der Waals surface area contributed by atoms with Crippen LogP contribution < -0.4 is 21.1 Å². The van der Waals surface area contributed by atoms with Crippen molar-refractivity contribution in [3.05, 3.63) is 59.5 Å². The first-order chi connectivity index (χ1) is 13.9. The fourth-order valence-electron chi connectivity index (χ4n) is 2.48. The van der Waals surface area contributed by atoms with Crippen molar-refractivity contribution >= 4 is 39.9 Å². The Kier molecular flexibility index (Phi) is 6.20. The molecule has 0 spiro atoms. The largest absolute Gasteiger partial charge is 0.483 e. The Balaban J connectivity index is 1.71. The molecule has 0 saturated carbocycles. The molecule has 4 N–H and O–H groups in total. The van der Waals surface area contributed by atoms with E-state index in [2.05, 4.69) is 15.6 Å². The summed E-state index contributed by atoms with van der Waals surface area (Å²) >= 11 is 1.28. The maximum absolute atomic E-state index is 12.6. The second-order valence-corrected chi connectivity index (χ2v) is 6.86. The lowest BCUT2D eigenvalue weighted by Crippen LogP contribution is -2.21. The van der Waals surface area contributed by atoms with E-state index < -0.39 is 11.8 Å². The van der Waals surface area contributed by atoms with Crippen LogP contribution in [0.1, 0.15) is 17.3 Å². The molecule has 2 aromatic carbocycles. The van der Waals surface area contributed by atoms with Gasteiger partial charge < -0.3 is 15.8 Å². The van der Waals surface area contributed by atoms with Crippen molar-refractivity contribution in [1.29, 1.82) is 0 Å². The highest BCUT2D eigenvalue weighted by Crippen LogP contribution is 2.27. The van der Waals surface area contributed by atoms with Gasteiger partial charge in [-0.1, -0.05) is 24.3 Å². The maximum Gasteiger partial charge on any atom is 0.261 e. The topological polar surface area (TPSA) is 123 Å². The Morgan fingerprint density at radius 2 is 1.79 bits per heavy atom. The fourth-order valence-corrected chi connectivity index (χ4v) is 3.20. The Morgan fingerprint density at radius 1 is 1.07 bits per heavy atom. The van der Waals surface area contributed by atoms with Gasteiger partial charge in [-0.15, -0.1) is 11.3 Å². The predicted molar refractivity (Wildman–Crippen MR) is 111 cm³/mol. The summed E-state index contributed by atoms with van der Waals surface area (Å²) in [6.45, 7) is 1.13. The number of para-hydroxylation sites is 1. The van der Waals surface area contributed by atoms with Crippen molar-refractivity contribution < 1.29 is 19.1 Å². The first-order valence-electron chi connectivity index (χ1n) is 8.57. The quantitative estimate of drug-likeness (QED) is 0.553. The number of amides is 3. The standard InChI is InChI=1S/C20H18N4O4S/c1-12(25)22-14-8-6-13(7-9-14)16-11-29-20(23-16)24-19(27)15-4-2-3-5-17(15)28-10-18(21)26/h2-9,11H,10H2,1H3,(H2,21,26)(H,22,25)(H,23,24,27). The second-order valence-electron chi connectivity index (χ2n) is 6.00. The number of nitrogens with two attached hydrogens (primary N) is 1. The molecular formula is C20H18N4O4S. The van der Waals surface area contributed by atoms with Gasteiger partial charge in [0.05, 0.1) is 11.3 Å². The van der Waals surface area contributed by atoms with E-state index in [1.807, 2.05) is 17.5 Å². The van der Waals surface area contributed by atoms with Gasteiger partial charge in [0, 0.05) is 23.6 Å². The number of carbonyl (C=O) groups excluding carboxylic acids is 3. The Labute approximate surface area is 170 Å². The zero-order valence-electron chi connectivity index (χ0n) is 15.5. The summed E-state index contributed by atoms with van der Waals surface area (Å²) in [5.74, 6) is -0.924. The van der Waals surface area contributed by atoms with Crippen LogP contribution in [-0.4, -0.2) is 29.3 Å². The summed E-state index contributed by atoms with van der Waals surface area (Å²) in [4.78, 5) is 39.0. The molecule has 0 radical (unpaired) electrons. The van der Waals surface area contributed by atoms with Gasteiger partial charge in [0.1, 0.15) is 5.75 Å². The van der Waals surface area contributed by atoms with Crippen LogP contribution >= 0.6 is 11.3 Å². The number of anilines is 2. The number of nitrogens with zero attached hydrogens (tertiary/aromatic N) is 1. The monoisotopic (exact) mass is 410 g/mol. The van der Waals surface area contributed by atoms with Crippen LogP contribution in [0.15, 0.2) is 53.9 Å². The average molecular weight is 410 g/mol. The summed E-state index contributed by atoms with van der Waals surface area (Å²) < 4.78 is 5.29. The van der Waals surface area contributed by atoms with Crippen molar-refractivity contribution in [2.45, 2.75) is 6.92 Å². The lowest BCUT2D eigenvalue weighted by atomic mass is 10.1. The average Bonchev–Trinajstić information content (AvgIpc) is 3.15. The van der Waals surface area contributed by atoms with Crippen LogP contribution in [0, 0.1) is 0 Å². The van der Waals surface area contributed by atoms with E-state index >= 15 is 0 Å². The number of carbonyl (C=O) groups is 3. The lowest BCUT2D eigenvalue weighted by molar-refractivity contribution is -0.120. The van der Waals surface area contributed by atoms with E-state index in [-0.39, 0.29) is 23.8 Å². The molecule has 0 saturated heterocycles. The number of hydrogen-bond donors (Lipinski definition) is 3. The number of nitrogens with one attached hydrogen (secondary N) is 2. The van der Waals surface area contributed by atoms with Gasteiger partial charge >= 0.3 is 0 Å². The van der Waals surface area contributed by atoms with Gasteiger partial charge in [-0.2, -0.15) is 0 Å². The van der Waals surface area contributed by atoms with Crippen molar-refractivity contribution in [2.24, 2.45) is 5.73 Å². The molecule has 1 aromatic heterocycles. The van der Waals surface area contributed by atoms with Crippen LogP contribution in [-0.2, 0) is 9.59 Å². The number of aromatic nitrogens is 1. The normalized spacial score (nSPS) is 10.2. The van der Waals surface area contributed by atoms with E-state index in [0.717, 1.165) is 5.56 Å². The molecule has 0 bridgehead atoms. The van der Waals surface area contributed by atoms with Gasteiger partial charge in [0.25, 0.3) is 11.8 Å². The predicted octanol–water partition coefficient (Wildman–Crippen LogP) is 2.88. The third-order valence-corrected chi connectivity index (χ3v) is 4.49. The molecule has 9 heteroatoms. The summed E-state index contributed by atoms with van der Waals surface area (Å²) in [5, 5.41) is 7.67. The summed E-state index contributed by atoms with van der Waals surface area (Å²) in [6.07, 6.45) is 0. The first kappa shape index (κ1) is 20.0. The third kappa shape index (κ3) is 5.39. The molecule has 3 aromatic rings. The number of ether oxygens (including phenoxy) is 1. The summed E-state index contributed by atoms with van der Waals surface area (Å²) in [5.41, 5.74) is 7.59. The second kappa shape index (κ2) is 8.98. The summed E-state index contributed by atoms with van der Waals surface area (Å²) in [7, 11) is 0. The molecule has 0 atom stereocenters. The molecule has 0 aliphatic carbocycles. The van der Waals surface area contributed by atoms with E-state index in [4.69, 9.17) is 10.5 Å². The van der Waals surface area contributed by atoms with Gasteiger partial charge in [-0.05, 0) is 24.3 Å². The van der Waals surface area contributed by atoms with Crippen LogP contribution in [0.5, 0.6) is 5.75 Å². The van der Waals surface area contributed by atoms with Crippen LogP contribution in [0.3, 0.4) is 0 Å². The molecule has 29 heavy (non-hydrogen) atoms. The minimum Gasteiger partial charge on any atom is -0.483 e. The zero-order chi connectivity index (χ0) is 20.8. The van der Waals surface area contributed by atoms with E-state index in [9.17, 15) is 14.4 Å². The van der Waals surface area contributed by atoms with Gasteiger partial charge in [-0.3, -0.25) is 19.7 Å². The van der Waals surface area contributed by atoms with Crippen molar-refractivity contribution in [3.63, 3.8) is 0 Å². The molecule has 1 heterocycles. The van der Waals surface area contributed by atoms with E-state index in [1.54, 1.807) is 36.4 Å². The van der Waals surface area contributed by atoms with E-state index in [0.29, 0.717) is 16.5 Å². The highest BCUT2D eigenvalue weighted by atomic mass is 32.1. The minimum absolute atomic E-state index is 0.142. The van der Waals surface area contributed by atoms with E-state index in [1.165, 1.54) is 18.3 Å².